The molecule has 0 saturated carbocycles. The number of nitrogens with zero attached hydrogens (tertiary/aromatic N) is 4. The van der Waals surface area contributed by atoms with Crippen LogP contribution in [0.3, 0.4) is 0 Å². The third-order valence-electron chi connectivity index (χ3n) is 5.01. The molecule has 3 aromatic rings. The van der Waals surface area contributed by atoms with Gasteiger partial charge in [0, 0.05) is 28.2 Å². The number of aromatic nitrogens is 3. The van der Waals surface area contributed by atoms with E-state index in [0.29, 0.717) is 23.2 Å². The van der Waals surface area contributed by atoms with Gasteiger partial charge in [-0.25, -0.2) is 4.98 Å². The molecule has 1 aliphatic heterocycles. The number of rotatable bonds is 4. The Kier molecular flexibility index (Phi) is 4.74. The third-order valence-corrected chi connectivity index (χ3v) is 5.89. The summed E-state index contributed by atoms with van der Waals surface area (Å²) in [6, 6.07) is 6.17. The Morgan fingerprint density at radius 1 is 1.31 bits per heavy atom. The molecular weight excluding hydrogens is 346 g/mol. The normalized spacial score (nSPS) is 18.3. The van der Waals surface area contributed by atoms with Crippen LogP contribution >= 0.6 is 11.3 Å². The lowest BCUT2D eigenvalue weighted by Crippen LogP contribution is -2.42. The molecule has 0 radical (unpaired) electrons. The van der Waals surface area contributed by atoms with Gasteiger partial charge in [-0.3, -0.25) is 0 Å². The highest BCUT2D eigenvalue weighted by molar-refractivity contribution is 7.17. The van der Waals surface area contributed by atoms with Gasteiger partial charge in [-0.15, -0.1) is 21.5 Å². The number of phenolic OH excluding ortho intramolecular Hbond substituents is 1. The van der Waals surface area contributed by atoms with Gasteiger partial charge in [-0.2, -0.15) is 0 Å². The third kappa shape index (κ3) is 3.24. The summed E-state index contributed by atoms with van der Waals surface area (Å²) in [5.41, 5.74) is 2.06. The standard InChI is InChI=1S/C19H23N5OS/c1-3-24-9-4-5-13(11-24)21-19-20-12(2)17(22-23-19)15-6-7-16-14(18(15)25)8-10-26-16/h6-8,10,13,25H,3-5,9,11H2,1-2H3,(H,20,21,23)/t13-/m1/s1. The Labute approximate surface area is 156 Å². The average Bonchev–Trinajstić information content (AvgIpc) is 3.13. The predicted molar refractivity (Wildman–Crippen MR) is 106 cm³/mol. The predicted octanol–water partition coefficient (Wildman–Crippen LogP) is 3.66. The number of piperidine rings is 1. The molecule has 0 unspecified atom stereocenters. The minimum atomic E-state index is 0.245. The highest BCUT2D eigenvalue weighted by Gasteiger charge is 2.20. The number of likely N-dealkylation sites (tertiary alicyclic amines) is 1. The first kappa shape index (κ1) is 17.2. The Balaban J connectivity index is 1.58. The van der Waals surface area contributed by atoms with Crippen LogP contribution in [0, 0.1) is 6.92 Å². The van der Waals surface area contributed by atoms with Crippen molar-refractivity contribution in [1.82, 2.24) is 20.1 Å². The van der Waals surface area contributed by atoms with Crippen LogP contribution < -0.4 is 5.32 Å². The monoisotopic (exact) mass is 369 g/mol. The van der Waals surface area contributed by atoms with Crippen LogP contribution in [0.4, 0.5) is 5.95 Å². The number of hydrogen-bond acceptors (Lipinski definition) is 7. The first-order chi connectivity index (χ1) is 12.7. The average molecular weight is 369 g/mol. The lowest BCUT2D eigenvalue weighted by Gasteiger charge is -2.32. The van der Waals surface area contributed by atoms with Crippen molar-refractivity contribution in [3.05, 3.63) is 29.3 Å². The van der Waals surface area contributed by atoms with Crippen molar-refractivity contribution in [2.45, 2.75) is 32.7 Å². The summed E-state index contributed by atoms with van der Waals surface area (Å²) in [4.78, 5) is 7.03. The van der Waals surface area contributed by atoms with E-state index in [2.05, 4.69) is 32.3 Å². The molecule has 1 saturated heterocycles. The molecule has 1 atom stereocenters. The Morgan fingerprint density at radius 2 is 2.19 bits per heavy atom. The molecule has 1 aliphatic rings. The number of fused-ring (bicyclic) bond motifs is 1. The number of anilines is 1. The molecule has 4 rings (SSSR count). The van der Waals surface area contributed by atoms with E-state index < -0.39 is 0 Å². The van der Waals surface area contributed by atoms with Crippen molar-refractivity contribution in [2.24, 2.45) is 0 Å². The summed E-state index contributed by atoms with van der Waals surface area (Å²) >= 11 is 1.61. The molecule has 7 heteroatoms. The van der Waals surface area contributed by atoms with Gasteiger partial charge in [0.2, 0.25) is 5.95 Å². The number of aryl methyl sites for hydroxylation is 1. The first-order valence-corrected chi connectivity index (χ1v) is 9.93. The molecule has 2 N–H and O–H groups in total. The quantitative estimate of drug-likeness (QED) is 0.731. The van der Waals surface area contributed by atoms with E-state index in [1.807, 2.05) is 30.5 Å². The minimum Gasteiger partial charge on any atom is -0.507 e. The van der Waals surface area contributed by atoms with Crippen LogP contribution in [0.5, 0.6) is 5.75 Å². The van der Waals surface area contributed by atoms with Gasteiger partial charge in [-0.1, -0.05) is 6.92 Å². The lowest BCUT2D eigenvalue weighted by molar-refractivity contribution is 0.226. The number of thiophene rings is 1. The minimum absolute atomic E-state index is 0.245. The van der Waals surface area contributed by atoms with Gasteiger partial charge in [0.1, 0.15) is 11.4 Å². The largest absolute Gasteiger partial charge is 0.507 e. The van der Waals surface area contributed by atoms with Crippen LogP contribution in [0.25, 0.3) is 21.3 Å². The van der Waals surface area contributed by atoms with Crippen LogP contribution in [-0.2, 0) is 0 Å². The van der Waals surface area contributed by atoms with Crippen molar-refractivity contribution in [1.29, 1.82) is 0 Å². The fraction of sp³-hybridized carbons (Fsp3) is 0.421. The van der Waals surface area contributed by atoms with Crippen molar-refractivity contribution in [3.63, 3.8) is 0 Å². The maximum Gasteiger partial charge on any atom is 0.243 e. The number of hydrogen-bond donors (Lipinski definition) is 2. The first-order valence-electron chi connectivity index (χ1n) is 9.05. The Hall–Kier alpha value is -2.25. The van der Waals surface area contributed by atoms with E-state index >= 15 is 0 Å². The van der Waals surface area contributed by atoms with Crippen molar-refractivity contribution in [3.8, 4) is 17.0 Å². The van der Waals surface area contributed by atoms with E-state index in [1.54, 1.807) is 11.3 Å². The lowest BCUT2D eigenvalue weighted by atomic mass is 10.1. The van der Waals surface area contributed by atoms with Crippen molar-refractivity contribution >= 4 is 27.4 Å². The molecule has 6 nitrogen and oxygen atoms in total. The SMILES string of the molecule is CCN1CCC[C@@H](Nc2nnc(-c3ccc4sccc4c3O)c(C)n2)C1. The van der Waals surface area contributed by atoms with Crippen LogP contribution in [-0.4, -0.2) is 50.9 Å². The maximum atomic E-state index is 10.6. The summed E-state index contributed by atoms with van der Waals surface area (Å²) in [7, 11) is 0. The van der Waals surface area contributed by atoms with Crippen LogP contribution in [0.15, 0.2) is 23.6 Å². The zero-order valence-corrected chi connectivity index (χ0v) is 15.9. The highest BCUT2D eigenvalue weighted by atomic mass is 32.1. The molecule has 1 aromatic carbocycles. The van der Waals surface area contributed by atoms with E-state index in [-0.39, 0.29) is 5.75 Å². The molecule has 136 valence electrons. The molecule has 2 aromatic heterocycles. The van der Waals surface area contributed by atoms with Gasteiger partial charge in [-0.05, 0) is 56.4 Å². The molecule has 0 aliphatic carbocycles. The molecule has 0 spiro atoms. The molecule has 0 bridgehead atoms. The van der Waals surface area contributed by atoms with Gasteiger partial charge in [0.05, 0.1) is 5.69 Å². The summed E-state index contributed by atoms with van der Waals surface area (Å²) in [5.74, 6) is 0.805. The molecule has 26 heavy (non-hydrogen) atoms. The van der Waals surface area contributed by atoms with Gasteiger partial charge in [0.15, 0.2) is 0 Å². The topological polar surface area (TPSA) is 74.2 Å². The fourth-order valence-electron chi connectivity index (χ4n) is 3.58. The number of benzene rings is 1. The van der Waals surface area contributed by atoms with Gasteiger partial charge < -0.3 is 15.3 Å². The maximum absolute atomic E-state index is 10.6. The summed E-state index contributed by atoms with van der Waals surface area (Å²) in [6.45, 7) is 7.34. The van der Waals surface area contributed by atoms with E-state index in [0.717, 1.165) is 41.8 Å². The fourth-order valence-corrected chi connectivity index (χ4v) is 4.37. The Morgan fingerprint density at radius 3 is 3.00 bits per heavy atom. The highest BCUT2D eigenvalue weighted by Crippen LogP contribution is 2.37. The van der Waals surface area contributed by atoms with Crippen LogP contribution in [0.2, 0.25) is 0 Å². The number of aromatic hydroxyl groups is 1. The zero-order chi connectivity index (χ0) is 18.1. The summed E-state index contributed by atoms with van der Waals surface area (Å²) in [5, 5.41) is 25.5. The second-order valence-electron chi connectivity index (χ2n) is 6.74. The van der Waals surface area contributed by atoms with Gasteiger partial charge in [0.25, 0.3) is 0 Å². The van der Waals surface area contributed by atoms with E-state index in [9.17, 15) is 5.11 Å². The van der Waals surface area contributed by atoms with E-state index in [1.165, 1.54) is 6.42 Å². The summed E-state index contributed by atoms with van der Waals surface area (Å²) in [6.07, 6.45) is 2.31. The van der Waals surface area contributed by atoms with E-state index in [4.69, 9.17) is 0 Å². The molecule has 3 heterocycles. The Bertz CT molecular complexity index is 925. The number of likely N-dealkylation sites (N-methyl/N-ethyl adjacent to an activating group) is 1. The van der Waals surface area contributed by atoms with Crippen LogP contribution in [0.1, 0.15) is 25.5 Å². The smallest absolute Gasteiger partial charge is 0.243 e. The van der Waals surface area contributed by atoms with Gasteiger partial charge >= 0.3 is 0 Å². The second kappa shape index (κ2) is 7.17. The van der Waals surface area contributed by atoms with Crippen molar-refractivity contribution < 1.29 is 5.11 Å². The molecular formula is C19H23N5OS. The molecule has 1 fully saturated rings. The molecule has 0 amide bonds. The number of phenols is 1. The van der Waals surface area contributed by atoms with Crippen molar-refractivity contribution in [2.75, 3.05) is 25.0 Å². The summed E-state index contributed by atoms with van der Waals surface area (Å²) < 4.78 is 1.06. The second-order valence-corrected chi connectivity index (χ2v) is 7.69. The number of nitrogens with one attached hydrogen (secondary N) is 1. The zero-order valence-electron chi connectivity index (χ0n) is 15.1.